The number of rotatable bonds is 7. The lowest BCUT2D eigenvalue weighted by molar-refractivity contribution is -0.168. The van der Waals surface area contributed by atoms with E-state index in [1.165, 1.54) is 27.4 Å². The van der Waals surface area contributed by atoms with Crippen molar-refractivity contribution >= 4 is 62.5 Å². The minimum atomic E-state index is -4.30. The standard InChI is InChI=1S/C29H31Cl3N4O5S/c30-19-7-3-4-17(12-19)13-24-29(39)34(21-9-10-21)16-26-35(42(40,41)25-11-8-20(31)14-22(25)32)15-23(28(38)36(24)26)33-27(37)18-5-1-2-6-18/h3-4,7-8,11-12,14,18,21,23-24,26H,1-2,5-6,9-10,13,15-16H2,(H,33,37). The van der Waals surface area contributed by atoms with Crippen molar-refractivity contribution in [2.75, 3.05) is 13.1 Å². The summed E-state index contributed by atoms with van der Waals surface area (Å²) in [6.45, 7) is -0.259. The third-order valence-corrected chi connectivity index (χ3v) is 11.5. The van der Waals surface area contributed by atoms with Crippen molar-refractivity contribution < 1.29 is 22.8 Å². The van der Waals surface area contributed by atoms with Crippen LogP contribution in [0.1, 0.15) is 44.1 Å². The lowest BCUT2D eigenvalue weighted by atomic mass is 9.96. The predicted molar refractivity (Wildman–Crippen MR) is 159 cm³/mol. The van der Waals surface area contributed by atoms with E-state index in [0.29, 0.717) is 17.9 Å². The number of hydrogen-bond donors (Lipinski definition) is 1. The third kappa shape index (κ3) is 5.64. The minimum Gasteiger partial charge on any atom is -0.343 e. The highest BCUT2D eigenvalue weighted by Gasteiger charge is 2.56. The van der Waals surface area contributed by atoms with Crippen LogP contribution in [0.4, 0.5) is 0 Å². The van der Waals surface area contributed by atoms with Crippen molar-refractivity contribution in [1.29, 1.82) is 0 Å². The number of hydrogen-bond acceptors (Lipinski definition) is 5. The smallest absolute Gasteiger partial charge is 0.248 e. The maximum atomic E-state index is 14.3. The van der Waals surface area contributed by atoms with Crippen LogP contribution in [0.15, 0.2) is 47.4 Å². The fourth-order valence-corrected chi connectivity index (χ4v) is 8.95. The quantitative estimate of drug-likeness (QED) is 0.485. The molecule has 2 saturated heterocycles. The molecule has 2 aliphatic carbocycles. The number of sulfonamides is 1. The maximum Gasteiger partial charge on any atom is 0.248 e. The Morgan fingerprint density at radius 3 is 2.29 bits per heavy atom. The van der Waals surface area contributed by atoms with Crippen LogP contribution in [-0.4, -0.2) is 77.6 Å². The van der Waals surface area contributed by atoms with Crippen molar-refractivity contribution in [3.63, 3.8) is 0 Å². The van der Waals surface area contributed by atoms with E-state index in [4.69, 9.17) is 34.8 Å². The Morgan fingerprint density at radius 2 is 1.62 bits per heavy atom. The van der Waals surface area contributed by atoms with Crippen molar-refractivity contribution in [3.05, 3.63) is 63.1 Å². The number of benzene rings is 2. The fraction of sp³-hybridized carbons (Fsp3) is 0.483. The van der Waals surface area contributed by atoms with Gasteiger partial charge in [-0.05, 0) is 61.6 Å². The molecule has 2 aromatic carbocycles. The highest BCUT2D eigenvalue weighted by Crippen LogP contribution is 2.38. The highest BCUT2D eigenvalue weighted by atomic mass is 35.5. The van der Waals surface area contributed by atoms with Gasteiger partial charge in [0.1, 0.15) is 23.1 Å². The SMILES string of the molecule is O=C(NC1CN(S(=O)(=O)c2ccc(Cl)cc2Cl)C2CN(C3CC3)C(=O)C(Cc3cccc(Cl)c3)N2C1=O)C1CCCC1. The van der Waals surface area contributed by atoms with E-state index in [-0.39, 0.29) is 58.2 Å². The summed E-state index contributed by atoms with van der Waals surface area (Å²) >= 11 is 18.7. The summed E-state index contributed by atoms with van der Waals surface area (Å²) in [4.78, 5) is 44.2. The molecule has 13 heteroatoms. The lowest BCUT2D eigenvalue weighted by Crippen LogP contribution is -2.76. The fourth-order valence-electron chi connectivity index (χ4n) is 6.40. The molecule has 4 aliphatic rings. The number of amides is 3. The summed E-state index contributed by atoms with van der Waals surface area (Å²) in [5.74, 6) is -1.23. The van der Waals surface area contributed by atoms with E-state index in [1.807, 2.05) is 6.07 Å². The molecule has 2 saturated carbocycles. The summed E-state index contributed by atoms with van der Waals surface area (Å²) in [5, 5.41) is 3.55. The molecule has 3 unspecified atom stereocenters. The molecule has 1 N–H and O–H groups in total. The number of nitrogens with zero attached hydrogens (tertiary/aromatic N) is 3. The molecular weight excluding hydrogens is 623 g/mol. The lowest BCUT2D eigenvalue weighted by Gasteiger charge is -2.53. The van der Waals surface area contributed by atoms with Gasteiger partial charge in [0.2, 0.25) is 27.7 Å². The molecule has 3 atom stereocenters. The van der Waals surface area contributed by atoms with Crippen LogP contribution in [0.5, 0.6) is 0 Å². The van der Waals surface area contributed by atoms with Crippen molar-refractivity contribution in [2.24, 2.45) is 5.92 Å². The van der Waals surface area contributed by atoms with Crippen LogP contribution in [0, 0.1) is 5.92 Å². The molecule has 2 heterocycles. The Bertz CT molecular complexity index is 1530. The normalized spacial score (nSPS) is 25.5. The van der Waals surface area contributed by atoms with Crippen LogP contribution in [0.25, 0.3) is 0 Å². The number of nitrogens with one attached hydrogen (secondary N) is 1. The Labute approximate surface area is 260 Å². The molecule has 42 heavy (non-hydrogen) atoms. The Balaban J connectivity index is 1.42. The van der Waals surface area contributed by atoms with Gasteiger partial charge in [-0.1, -0.05) is 59.8 Å². The number of fused-ring (bicyclic) bond motifs is 1. The predicted octanol–water partition coefficient (Wildman–Crippen LogP) is 4.10. The molecule has 2 aromatic rings. The zero-order chi connectivity index (χ0) is 29.8. The first kappa shape index (κ1) is 29.7. The van der Waals surface area contributed by atoms with E-state index < -0.39 is 34.2 Å². The second-order valence-electron chi connectivity index (χ2n) is 11.5. The van der Waals surface area contributed by atoms with Crippen LogP contribution >= 0.6 is 34.8 Å². The van der Waals surface area contributed by atoms with Crippen molar-refractivity contribution in [1.82, 2.24) is 19.4 Å². The highest BCUT2D eigenvalue weighted by molar-refractivity contribution is 7.89. The zero-order valence-corrected chi connectivity index (χ0v) is 25.8. The largest absolute Gasteiger partial charge is 0.343 e. The molecule has 2 aliphatic heterocycles. The summed E-state index contributed by atoms with van der Waals surface area (Å²) < 4.78 is 29.8. The first-order valence-electron chi connectivity index (χ1n) is 14.2. The van der Waals surface area contributed by atoms with Crippen LogP contribution in [-0.2, 0) is 30.8 Å². The second-order valence-corrected chi connectivity index (χ2v) is 14.6. The Morgan fingerprint density at radius 1 is 0.905 bits per heavy atom. The number of halogens is 3. The van der Waals surface area contributed by atoms with Gasteiger partial charge in [0, 0.05) is 35.0 Å². The molecule has 0 bridgehead atoms. The van der Waals surface area contributed by atoms with Crippen LogP contribution in [0.2, 0.25) is 15.1 Å². The van der Waals surface area contributed by atoms with Gasteiger partial charge in [-0.2, -0.15) is 4.31 Å². The first-order valence-corrected chi connectivity index (χ1v) is 16.8. The summed E-state index contributed by atoms with van der Waals surface area (Å²) in [6, 6.07) is 9.00. The average Bonchev–Trinajstić information content (AvgIpc) is 3.63. The molecule has 0 radical (unpaired) electrons. The van der Waals surface area contributed by atoms with Gasteiger partial charge in [-0.3, -0.25) is 14.4 Å². The van der Waals surface area contributed by atoms with E-state index in [9.17, 15) is 22.8 Å². The monoisotopic (exact) mass is 652 g/mol. The number of piperazine rings is 1. The van der Waals surface area contributed by atoms with Gasteiger partial charge in [0.05, 0.1) is 11.6 Å². The van der Waals surface area contributed by atoms with E-state index >= 15 is 0 Å². The molecule has 9 nitrogen and oxygen atoms in total. The third-order valence-electron chi connectivity index (χ3n) is 8.66. The minimum absolute atomic E-state index is 0.0138. The van der Waals surface area contributed by atoms with Crippen molar-refractivity contribution in [2.45, 2.75) is 74.1 Å². The second kappa shape index (κ2) is 11.6. The molecular formula is C29H31Cl3N4O5S. The molecule has 224 valence electrons. The van der Waals surface area contributed by atoms with Gasteiger partial charge in [0.15, 0.2) is 0 Å². The van der Waals surface area contributed by atoms with Crippen LogP contribution < -0.4 is 5.32 Å². The molecule has 0 aromatic heterocycles. The van der Waals surface area contributed by atoms with Gasteiger partial charge in [-0.25, -0.2) is 8.42 Å². The molecule has 3 amide bonds. The first-order chi connectivity index (χ1) is 20.0. The molecule has 0 spiro atoms. The summed E-state index contributed by atoms with van der Waals surface area (Å²) in [7, 11) is -4.30. The molecule has 4 fully saturated rings. The Kier molecular flexibility index (Phi) is 8.21. The molecule has 6 rings (SSSR count). The summed E-state index contributed by atoms with van der Waals surface area (Å²) in [6.07, 6.45) is 4.06. The number of carbonyl (C=O) groups excluding carboxylic acids is 3. The van der Waals surface area contributed by atoms with E-state index in [2.05, 4.69) is 5.32 Å². The van der Waals surface area contributed by atoms with E-state index in [0.717, 1.165) is 31.2 Å². The van der Waals surface area contributed by atoms with Crippen molar-refractivity contribution in [3.8, 4) is 0 Å². The van der Waals surface area contributed by atoms with Gasteiger partial charge < -0.3 is 15.1 Å². The van der Waals surface area contributed by atoms with Gasteiger partial charge >= 0.3 is 0 Å². The van der Waals surface area contributed by atoms with Gasteiger partial charge in [0.25, 0.3) is 0 Å². The number of carbonyl (C=O) groups is 3. The van der Waals surface area contributed by atoms with Crippen LogP contribution in [0.3, 0.4) is 0 Å². The Hall–Kier alpha value is -2.37. The average molecular weight is 654 g/mol. The topological polar surface area (TPSA) is 107 Å². The van der Waals surface area contributed by atoms with E-state index in [1.54, 1.807) is 23.1 Å². The van der Waals surface area contributed by atoms with Gasteiger partial charge in [-0.15, -0.1) is 0 Å². The maximum absolute atomic E-state index is 14.3. The zero-order valence-electron chi connectivity index (χ0n) is 22.7. The summed E-state index contributed by atoms with van der Waals surface area (Å²) in [5.41, 5.74) is 0.734.